The molecule has 5 atom stereocenters. The van der Waals surface area contributed by atoms with Gasteiger partial charge < -0.3 is 39.4 Å². The van der Waals surface area contributed by atoms with E-state index in [1.807, 2.05) is 12.1 Å². The largest absolute Gasteiger partial charge is 0.458 e. The fourth-order valence-corrected chi connectivity index (χ4v) is 4.05. The molecule has 0 bridgehead atoms. The van der Waals surface area contributed by atoms with Gasteiger partial charge in [-0.25, -0.2) is 0 Å². The Hall–Kier alpha value is -2.17. The zero-order chi connectivity index (χ0) is 22.2. The molecule has 4 rings (SSSR count). The third-order valence-electron chi connectivity index (χ3n) is 5.55. The molecule has 0 aromatic heterocycles. The fraction of sp³-hybridized carbons (Fsp3) is 0.364. The first kappa shape index (κ1) is 22.0. The van der Waals surface area contributed by atoms with Gasteiger partial charge in [-0.2, -0.15) is 0 Å². The first-order valence-corrected chi connectivity index (χ1v) is 10.1. The molecule has 8 nitrogen and oxygen atoms in total. The molecule has 2 aromatic carbocycles. The van der Waals surface area contributed by atoms with Crippen LogP contribution in [0.2, 0.25) is 5.02 Å². The summed E-state index contributed by atoms with van der Waals surface area (Å²) in [5.74, 6) is -0.622. The Kier molecular flexibility index (Phi) is 6.23. The van der Waals surface area contributed by atoms with Gasteiger partial charge in [0, 0.05) is 17.7 Å². The van der Waals surface area contributed by atoms with Gasteiger partial charge in [0.05, 0.1) is 6.61 Å². The van der Waals surface area contributed by atoms with Crippen LogP contribution in [0.15, 0.2) is 48.9 Å². The summed E-state index contributed by atoms with van der Waals surface area (Å²) in [4.78, 5) is 0. The Labute approximate surface area is 183 Å². The zero-order valence-corrected chi connectivity index (χ0v) is 17.4. The highest BCUT2D eigenvalue weighted by Crippen LogP contribution is 2.41. The number of ether oxygens (including phenoxy) is 4. The maximum atomic E-state index is 10.7. The van der Waals surface area contributed by atoms with Gasteiger partial charge in [-0.05, 0) is 41.8 Å². The molecule has 2 heterocycles. The minimum Gasteiger partial charge on any atom is -0.458 e. The van der Waals surface area contributed by atoms with E-state index in [9.17, 15) is 20.4 Å². The van der Waals surface area contributed by atoms with Gasteiger partial charge in [0.25, 0.3) is 0 Å². The van der Waals surface area contributed by atoms with Crippen molar-refractivity contribution in [3.63, 3.8) is 0 Å². The number of fused-ring (bicyclic) bond motifs is 1. The van der Waals surface area contributed by atoms with E-state index in [1.165, 1.54) is 19.6 Å². The number of aliphatic hydroxyl groups excluding tert-OH is 4. The molecule has 1 saturated heterocycles. The van der Waals surface area contributed by atoms with Crippen LogP contribution < -0.4 is 9.47 Å². The lowest BCUT2D eigenvalue weighted by Gasteiger charge is -2.47. The van der Waals surface area contributed by atoms with Gasteiger partial charge in [0.1, 0.15) is 36.9 Å². The average Bonchev–Trinajstić information content (AvgIpc) is 2.79. The molecular formula is C22H23ClO8. The van der Waals surface area contributed by atoms with E-state index >= 15 is 0 Å². The van der Waals surface area contributed by atoms with Crippen molar-refractivity contribution in [2.24, 2.45) is 0 Å². The van der Waals surface area contributed by atoms with Gasteiger partial charge in [-0.15, -0.1) is 0 Å². The molecule has 0 spiro atoms. The topological polar surface area (TPSA) is 118 Å². The molecule has 166 valence electrons. The van der Waals surface area contributed by atoms with E-state index in [2.05, 4.69) is 0 Å². The molecule has 0 unspecified atom stereocenters. The number of aliphatic hydroxyl groups is 4. The summed E-state index contributed by atoms with van der Waals surface area (Å²) in [7, 11) is 1.31. The predicted molar refractivity (Wildman–Crippen MR) is 110 cm³/mol. The van der Waals surface area contributed by atoms with Crippen LogP contribution in [0.1, 0.15) is 16.7 Å². The van der Waals surface area contributed by atoms with E-state index in [4.69, 9.17) is 30.5 Å². The Morgan fingerprint density at radius 2 is 1.74 bits per heavy atom. The second kappa shape index (κ2) is 8.76. The molecule has 0 radical (unpaired) electrons. The quantitative estimate of drug-likeness (QED) is 0.540. The number of hydrogen-bond acceptors (Lipinski definition) is 8. The molecule has 0 amide bonds. The second-order valence-corrected chi connectivity index (χ2v) is 7.82. The van der Waals surface area contributed by atoms with Crippen LogP contribution in [-0.2, 0) is 21.7 Å². The van der Waals surface area contributed by atoms with Crippen LogP contribution in [0, 0.1) is 0 Å². The number of methoxy groups -OCH3 is 1. The molecule has 0 aliphatic carbocycles. The third kappa shape index (κ3) is 3.92. The SMILES string of the molecule is CO[C@@]1(c2ccc(Cl)c(Cc3ccc4c(c3)OC=CO4)c2)O[C@H](CO)[C@@H](O)[C@H](O)[C@H]1O. The highest BCUT2D eigenvalue weighted by atomic mass is 35.5. The minimum absolute atomic E-state index is 0.381. The van der Waals surface area contributed by atoms with Crippen LogP contribution in [0.25, 0.3) is 0 Å². The summed E-state index contributed by atoms with van der Waals surface area (Å²) in [5, 5.41) is 41.1. The molecule has 4 N–H and O–H groups in total. The Bertz CT molecular complexity index is 978. The molecule has 2 aromatic rings. The molecule has 2 aliphatic rings. The Morgan fingerprint density at radius 1 is 1.00 bits per heavy atom. The summed E-state index contributed by atoms with van der Waals surface area (Å²) in [6.07, 6.45) is -2.49. The highest BCUT2D eigenvalue weighted by Gasteiger charge is 2.55. The van der Waals surface area contributed by atoms with Crippen molar-refractivity contribution in [3.05, 3.63) is 70.6 Å². The van der Waals surface area contributed by atoms with Crippen molar-refractivity contribution in [1.82, 2.24) is 0 Å². The molecule has 2 aliphatic heterocycles. The van der Waals surface area contributed by atoms with Crippen LogP contribution in [0.5, 0.6) is 11.5 Å². The van der Waals surface area contributed by atoms with Crippen molar-refractivity contribution in [1.29, 1.82) is 0 Å². The molecule has 9 heteroatoms. The maximum Gasteiger partial charge on any atom is 0.224 e. The van der Waals surface area contributed by atoms with E-state index in [1.54, 1.807) is 24.3 Å². The monoisotopic (exact) mass is 450 g/mol. The normalized spacial score (nSPS) is 29.7. The van der Waals surface area contributed by atoms with Crippen LogP contribution in [0.4, 0.5) is 0 Å². The third-order valence-corrected chi connectivity index (χ3v) is 5.92. The summed E-state index contributed by atoms with van der Waals surface area (Å²) in [6, 6.07) is 10.4. The van der Waals surface area contributed by atoms with E-state index < -0.39 is 36.8 Å². The van der Waals surface area contributed by atoms with Crippen molar-refractivity contribution < 1.29 is 39.4 Å². The van der Waals surface area contributed by atoms with E-state index in [-0.39, 0.29) is 0 Å². The van der Waals surface area contributed by atoms with Crippen molar-refractivity contribution in [2.75, 3.05) is 13.7 Å². The van der Waals surface area contributed by atoms with Crippen LogP contribution in [0.3, 0.4) is 0 Å². The first-order chi connectivity index (χ1) is 14.9. The second-order valence-electron chi connectivity index (χ2n) is 7.41. The summed E-state index contributed by atoms with van der Waals surface area (Å²) >= 11 is 6.42. The van der Waals surface area contributed by atoms with Crippen LogP contribution >= 0.6 is 11.6 Å². The number of hydrogen-bond donors (Lipinski definition) is 4. The fourth-order valence-electron chi connectivity index (χ4n) is 3.87. The van der Waals surface area contributed by atoms with Gasteiger partial charge >= 0.3 is 0 Å². The lowest BCUT2D eigenvalue weighted by atomic mass is 9.87. The molecule has 0 saturated carbocycles. The Balaban J connectivity index is 1.68. The van der Waals surface area contributed by atoms with Crippen molar-refractivity contribution in [2.45, 2.75) is 36.6 Å². The Morgan fingerprint density at radius 3 is 2.45 bits per heavy atom. The summed E-state index contributed by atoms with van der Waals surface area (Å²) in [6.45, 7) is -0.567. The molecule has 31 heavy (non-hydrogen) atoms. The van der Waals surface area contributed by atoms with Crippen molar-refractivity contribution in [3.8, 4) is 11.5 Å². The number of halogens is 1. The molecule has 1 fully saturated rings. The van der Waals surface area contributed by atoms with Gasteiger partial charge in [-0.1, -0.05) is 23.7 Å². The van der Waals surface area contributed by atoms with Crippen molar-refractivity contribution >= 4 is 11.6 Å². The number of benzene rings is 2. The van der Waals surface area contributed by atoms with E-state index in [0.717, 1.165) is 5.56 Å². The van der Waals surface area contributed by atoms with Crippen LogP contribution in [-0.4, -0.2) is 58.6 Å². The lowest BCUT2D eigenvalue weighted by molar-refractivity contribution is -0.366. The standard InChI is InChI=1S/C22H23ClO8/c1-28-22(21(27)20(26)19(25)18(11-24)31-22)14-3-4-15(23)13(10-14)8-12-2-5-16-17(9-12)30-7-6-29-16/h2-7,9-10,18-21,24-27H,8,11H2,1H3/t18-,19-,20+,21-,22+/m1/s1. The average molecular weight is 451 g/mol. The number of rotatable bonds is 5. The predicted octanol–water partition coefficient (Wildman–Crippen LogP) is 1.45. The minimum atomic E-state index is -1.80. The van der Waals surface area contributed by atoms with E-state index in [0.29, 0.717) is 34.1 Å². The smallest absolute Gasteiger partial charge is 0.224 e. The zero-order valence-electron chi connectivity index (χ0n) is 16.6. The maximum absolute atomic E-state index is 10.7. The van der Waals surface area contributed by atoms with Gasteiger partial charge in [-0.3, -0.25) is 0 Å². The van der Waals surface area contributed by atoms with Gasteiger partial charge in [0.15, 0.2) is 11.5 Å². The van der Waals surface area contributed by atoms with Gasteiger partial charge in [0.2, 0.25) is 5.79 Å². The first-order valence-electron chi connectivity index (χ1n) is 9.68. The molecular weight excluding hydrogens is 428 g/mol. The summed E-state index contributed by atoms with van der Waals surface area (Å²) in [5.41, 5.74) is 1.99. The highest BCUT2D eigenvalue weighted by molar-refractivity contribution is 6.31. The summed E-state index contributed by atoms with van der Waals surface area (Å²) < 4.78 is 22.1. The lowest BCUT2D eigenvalue weighted by Crippen LogP contribution is -2.64.